The zero-order valence-corrected chi connectivity index (χ0v) is 18.3. The Kier molecular flexibility index (Phi) is 5.90. The third kappa shape index (κ3) is 4.37. The fraction of sp³-hybridized carbons (Fsp3) is 0.269. The molecule has 3 heterocycles. The lowest BCUT2D eigenvalue weighted by Crippen LogP contribution is -2.45. The van der Waals surface area contributed by atoms with E-state index in [-0.39, 0.29) is 12.1 Å². The molecule has 0 saturated carbocycles. The van der Waals surface area contributed by atoms with E-state index in [1.54, 1.807) is 35.2 Å². The highest BCUT2D eigenvalue weighted by Gasteiger charge is 2.21. The molecule has 4 aromatic rings. The van der Waals surface area contributed by atoms with Gasteiger partial charge in [-0.1, -0.05) is 42.5 Å². The van der Waals surface area contributed by atoms with Crippen LogP contribution in [0.15, 0.2) is 82.6 Å². The van der Waals surface area contributed by atoms with E-state index in [4.69, 9.17) is 0 Å². The molecule has 0 spiro atoms. The summed E-state index contributed by atoms with van der Waals surface area (Å²) in [7, 11) is 0. The van der Waals surface area contributed by atoms with Crippen LogP contribution in [-0.2, 0) is 26.1 Å². The number of β-amino-alcohol motifs (C(OH)–C–C–N with tert-alkyl or cyclic N) is 1. The summed E-state index contributed by atoms with van der Waals surface area (Å²) in [6.45, 7) is 2.24. The van der Waals surface area contributed by atoms with Gasteiger partial charge in [0.15, 0.2) is 0 Å². The summed E-state index contributed by atoms with van der Waals surface area (Å²) in [5.41, 5.74) is 3.24. The third-order valence-corrected chi connectivity index (χ3v) is 6.27. The van der Waals surface area contributed by atoms with Crippen LogP contribution >= 0.6 is 0 Å². The molecule has 33 heavy (non-hydrogen) atoms. The van der Waals surface area contributed by atoms with E-state index in [0.29, 0.717) is 24.0 Å². The van der Waals surface area contributed by atoms with Crippen molar-refractivity contribution in [2.75, 3.05) is 13.1 Å². The summed E-state index contributed by atoms with van der Waals surface area (Å²) in [5, 5.41) is 11.3. The van der Waals surface area contributed by atoms with E-state index in [2.05, 4.69) is 22.0 Å². The highest BCUT2D eigenvalue weighted by Crippen LogP contribution is 2.18. The van der Waals surface area contributed by atoms with E-state index in [1.165, 1.54) is 15.7 Å². The van der Waals surface area contributed by atoms with Gasteiger partial charge in [0.05, 0.1) is 30.1 Å². The third-order valence-electron chi connectivity index (χ3n) is 6.27. The maximum Gasteiger partial charge on any atom is 0.331 e. The molecular formula is C26H26N4O3. The van der Waals surface area contributed by atoms with Gasteiger partial charge in [0.1, 0.15) is 0 Å². The second-order valence-electron chi connectivity index (χ2n) is 8.57. The molecule has 1 N–H and O–H groups in total. The minimum atomic E-state index is -0.839. The van der Waals surface area contributed by atoms with E-state index in [1.807, 2.05) is 30.3 Å². The van der Waals surface area contributed by atoms with E-state index in [9.17, 15) is 14.7 Å². The van der Waals surface area contributed by atoms with Crippen molar-refractivity contribution in [2.24, 2.45) is 0 Å². The molecule has 0 fully saturated rings. The van der Waals surface area contributed by atoms with Crippen molar-refractivity contribution in [2.45, 2.75) is 32.2 Å². The summed E-state index contributed by atoms with van der Waals surface area (Å²) in [6.07, 6.45) is 3.48. The number of nitrogens with zero attached hydrogens (tertiary/aromatic N) is 4. The zero-order chi connectivity index (χ0) is 22.8. The van der Waals surface area contributed by atoms with Crippen LogP contribution in [0.5, 0.6) is 0 Å². The molecule has 1 aliphatic heterocycles. The van der Waals surface area contributed by atoms with Crippen molar-refractivity contribution in [1.82, 2.24) is 19.0 Å². The minimum Gasteiger partial charge on any atom is -0.390 e. The Bertz CT molecular complexity index is 1390. The average molecular weight is 443 g/mol. The Labute approximate surface area is 191 Å². The summed E-state index contributed by atoms with van der Waals surface area (Å²) < 4.78 is 2.75. The van der Waals surface area contributed by atoms with Crippen LogP contribution in [0, 0.1) is 0 Å². The van der Waals surface area contributed by atoms with Crippen molar-refractivity contribution in [3.05, 3.63) is 111 Å². The molecule has 7 heteroatoms. The topological polar surface area (TPSA) is 80.4 Å². The van der Waals surface area contributed by atoms with Crippen LogP contribution in [0.25, 0.3) is 10.9 Å². The van der Waals surface area contributed by atoms with Gasteiger partial charge < -0.3 is 5.11 Å². The number of rotatable bonds is 6. The summed E-state index contributed by atoms with van der Waals surface area (Å²) in [5.74, 6) is 0. The van der Waals surface area contributed by atoms with Crippen LogP contribution < -0.4 is 11.2 Å². The number of para-hydroxylation sites is 1. The second-order valence-corrected chi connectivity index (χ2v) is 8.57. The number of hydrogen-bond acceptors (Lipinski definition) is 5. The lowest BCUT2D eigenvalue weighted by Gasteiger charge is -2.30. The fourth-order valence-electron chi connectivity index (χ4n) is 4.64. The zero-order valence-electron chi connectivity index (χ0n) is 18.3. The summed E-state index contributed by atoms with van der Waals surface area (Å²) in [6, 6.07) is 19.1. The molecule has 0 bridgehead atoms. The van der Waals surface area contributed by atoms with Crippen LogP contribution in [-0.4, -0.2) is 43.3 Å². The monoisotopic (exact) mass is 442 g/mol. The van der Waals surface area contributed by atoms with Crippen molar-refractivity contribution in [3.8, 4) is 0 Å². The van der Waals surface area contributed by atoms with Crippen LogP contribution in [0.1, 0.15) is 16.7 Å². The van der Waals surface area contributed by atoms with E-state index in [0.717, 1.165) is 25.1 Å². The Hall–Kier alpha value is -3.55. The van der Waals surface area contributed by atoms with Gasteiger partial charge in [0.2, 0.25) is 0 Å². The Morgan fingerprint density at radius 3 is 2.52 bits per heavy atom. The molecule has 2 aromatic carbocycles. The first kappa shape index (κ1) is 21.3. The molecule has 0 saturated heterocycles. The number of pyridine rings is 1. The number of aliphatic hydroxyl groups is 1. The molecule has 5 rings (SSSR count). The number of aromatic nitrogens is 3. The fourth-order valence-corrected chi connectivity index (χ4v) is 4.64. The number of benzene rings is 2. The van der Waals surface area contributed by atoms with Gasteiger partial charge in [0.25, 0.3) is 5.56 Å². The molecule has 2 aromatic heterocycles. The molecular weight excluding hydrogens is 416 g/mol. The van der Waals surface area contributed by atoms with Gasteiger partial charge in [-0.3, -0.25) is 23.8 Å². The highest BCUT2D eigenvalue weighted by molar-refractivity contribution is 5.77. The summed E-state index contributed by atoms with van der Waals surface area (Å²) >= 11 is 0. The van der Waals surface area contributed by atoms with Gasteiger partial charge in [-0.15, -0.1) is 0 Å². The van der Waals surface area contributed by atoms with Gasteiger partial charge in [-0.05, 0) is 41.3 Å². The smallest absolute Gasteiger partial charge is 0.331 e. The quantitative estimate of drug-likeness (QED) is 0.494. The second kappa shape index (κ2) is 9.13. The lowest BCUT2D eigenvalue weighted by molar-refractivity contribution is 0.0897. The normalized spacial score (nSPS) is 14.8. The molecule has 0 radical (unpaired) electrons. The maximum absolute atomic E-state index is 13.4. The molecule has 0 amide bonds. The minimum absolute atomic E-state index is 0.0479. The molecule has 168 valence electrons. The average Bonchev–Trinajstić information content (AvgIpc) is 2.85. The summed E-state index contributed by atoms with van der Waals surface area (Å²) in [4.78, 5) is 32.8. The van der Waals surface area contributed by atoms with Gasteiger partial charge in [-0.25, -0.2) is 4.79 Å². The molecule has 1 unspecified atom stereocenters. The van der Waals surface area contributed by atoms with Crippen molar-refractivity contribution >= 4 is 10.9 Å². The molecule has 7 nitrogen and oxygen atoms in total. The first-order valence-corrected chi connectivity index (χ1v) is 11.2. The highest BCUT2D eigenvalue weighted by atomic mass is 16.3. The molecule has 1 aliphatic rings. The molecule has 1 atom stereocenters. The van der Waals surface area contributed by atoms with E-state index >= 15 is 0 Å². The van der Waals surface area contributed by atoms with Crippen LogP contribution in [0.3, 0.4) is 0 Å². The SMILES string of the molecule is O=c1c2ccccc2n(Cc2cccnc2)c(=O)n1CC(O)CN1CCc2ccccc2C1. The van der Waals surface area contributed by atoms with Crippen LogP contribution in [0.2, 0.25) is 0 Å². The standard InChI is InChI=1S/C26H26N4O3/c31-22(17-28-13-11-20-7-1-2-8-21(20)16-28)18-30-25(32)23-9-3-4-10-24(23)29(26(30)33)15-19-6-5-12-27-14-19/h1-10,12,14,22,31H,11,13,15-18H2. The Balaban J connectivity index is 1.43. The van der Waals surface area contributed by atoms with Crippen molar-refractivity contribution in [3.63, 3.8) is 0 Å². The first-order chi connectivity index (χ1) is 16.1. The Morgan fingerprint density at radius 2 is 1.70 bits per heavy atom. The van der Waals surface area contributed by atoms with E-state index < -0.39 is 11.8 Å². The predicted octanol–water partition coefficient (Wildman–Crippen LogP) is 2.03. The number of hydrogen-bond donors (Lipinski definition) is 1. The first-order valence-electron chi connectivity index (χ1n) is 11.2. The Morgan fingerprint density at radius 1 is 0.909 bits per heavy atom. The van der Waals surface area contributed by atoms with Gasteiger partial charge >= 0.3 is 5.69 Å². The maximum atomic E-state index is 13.4. The lowest BCUT2D eigenvalue weighted by atomic mass is 10.00. The number of fused-ring (bicyclic) bond motifs is 2. The van der Waals surface area contributed by atoms with Crippen molar-refractivity contribution < 1.29 is 5.11 Å². The number of aliphatic hydroxyl groups excluding tert-OH is 1. The largest absolute Gasteiger partial charge is 0.390 e. The predicted molar refractivity (Wildman–Crippen MR) is 127 cm³/mol. The van der Waals surface area contributed by atoms with Crippen molar-refractivity contribution in [1.29, 1.82) is 0 Å². The van der Waals surface area contributed by atoms with Crippen LogP contribution in [0.4, 0.5) is 0 Å². The van der Waals surface area contributed by atoms with Gasteiger partial charge in [-0.2, -0.15) is 0 Å². The molecule has 0 aliphatic carbocycles. The van der Waals surface area contributed by atoms with Gasteiger partial charge in [0, 0.05) is 32.0 Å².